The Morgan fingerprint density at radius 1 is 1.05 bits per heavy atom. The Balaban J connectivity index is 1.43. The molecule has 1 heterocycles. The first-order valence-corrected chi connectivity index (χ1v) is 14.3. The molecule has 0 spiro atoms. The Kier molecular flexibility index (Phi) is 9.56. The van der Waals surface area contributed by atoms with E-state index in [4.69, 9.17) is 27.9 Å². The van der Waals surface area contributed by atoms with Gasteiger partial charge in [-0.3, -0.25) is 19.3 Å². The third kappa shape index (κ3) is 7.41. The van der Waals surface area contributed by atoms with Gasteiger partial charge in [-0.05, 0) is 97.7 Å². The predicted octanol–water partition coefficient (Wildman–Crippen LogP) is 8.79. The molecule has 3 aromatic carbocycles. The molecule has 0 bridgehead atoms. The number of ether oxygens (including phenoxy) is 1. The van der Waals surface area contributed by atoms with Crippen LogP contribution in [0.25, 0.3) is 6.08 Å². The van der Waals surface area contributed by atoms with Gasteiger partial charge in [0.15, 0.2) is 0 Å². The summed E-state index contributed by atoms with van der Waals surface area (Å²) in [4.78, 5) is 38.5. The van der Waals surface area contributed by atoms with Crippen LogP contribution in [0.15, 0.2) is 68.4 Å². The van der Waals surface area contributed by atoms with E-state index in [1.54, 1.807) is 30.3 Å². The summed E-state index contributed by atoms with van der Waals surface area (Å²) in [6, 6.07) is 12.4. The van der Waals surface area contributed by atoms with Gasteiger partial charge in [-0.2, -0.15) is 13.2 Å². The summed E-state index contributed by atoms with van der Waals surface area (Å²) >= 11 is 19.6. The topological polar surface area (TPSA) is 75.7 Å². The summed E-state index contributed by atoms with van der Waals surface area (Å²) in [6.07, 6.45) is -3.11. The zero-order valence-electron chi connectivity index (χ0n) is 19.8. The number of hydrogen-bond acceptors (Lipinski definition) is 5. The summed E-state index contributed by atoms with van der Waals surface area (Å²) in [5.41, 5.74) is 0.217. The minimum atomic E-state index is -4.59. The SMILES string of the molecule is O=C(CN1C(=O)S/C(=C\c2cc(Br)c(OCc3ccc(Cl)cc3Cl)c(Br)c2)C1=O)Nc1cccc(C(F)(F)F)c1. The number of anilines is 1. The second-order valence-corrected chi connectivity index (χ2v) is 11.8. The van der Waals surface area contributed by atoms with Crippen molar-refractivity contribution >= 4 is 95.6 Å². The van der Waals surface area contributed by atoms with E-state index in [0.717, 1.165) is 28.7 Å². The maximum Gasteiger partial charge on any atom is 0.416 e. The van der Waals surface area contributed by atoms with Gasteiger partial charge in [0.25, 0.3) is 11.1 Å². The molecule has 40 heavy (non-hydrogen) atoms. The first kappa shape index (κ1) is 30.4. The number of rotatable bonds is 7. The number of alkyl halides is 3. The number of carbonyl (C=O) groups is 3. The van der Waals surface area contributed by atoms with Crippen LogP contribution in [0.3, 0.4) is 0 Å². The van der Waals surface area contributed by atoms with Crippen molar-refractivity contribution < 1.29 is 32.3 Å². The van der Waals surface area contributed by atoms with Crippen molar-refractivity contribution in [3.8, 4) is 5.75 Å². The van der Waals surface area contributed by atoms with Crippen LogP contribution in [-0.2, 0) is 22.4 Å². The second kappa shape index (κ2) is 12.6. The molecular formula is C26H15Br2Cl2F3N2O4S. The number of nitrogens with zero attached hydrogens (tertiary/aromatic N) is 1. The highest BCUT2D eigenvalue weighted by molar-refractivity contribution is 9.11. The molecule has 14 heteroatoms. The van der Waals surface area contributed by atoms with Crippen LogP contribution in [0.1, 0.15) is 16.7 Å². The van der Waals surface area contributed by atoms with Gasteiger partial charge < -0.3 is 10.1 Å². The molecule has 1 saturated heterocycles. The molecule has 6 nitrogen and oxygen atoms in total. The van der Waals surface area contributed by atoms with Crippen LogP contribution in [0.2, 0.25) is 10.0 Å². The van der Waals surface area contributed by atoms with Crippen LogP contribution in [-0.4, -0.2) is 28.5 Å². The average Bonchev–Trinajstić information content (AvgIpc) is 3.11. The number of imide groups is 1. The van der Waals surface area contributed by atoms with Crippen LogP contribution < -0.4 is 10.1 Å². The van der Waals surface area contributed by atoms with Crippen molar-refractivity contribution in [2.75, 3.05) is 11.9 Å². The lowest BCUT2D eigenvalue weighted by atomic mass is 10.2. The van der Waals surface area contributed by atoms with Crippen LogP contribution in [0.5, 0.6) is 5.75 Å². The van der Waals surface area contributed by atoms with Crippen molar-refractivity contribution in [3.63, 3.8) is 0 Å². The Morgan fingerprint density at radius 2 is 1.75 bits per heavy atom. The second-order valence-electron chi connectivity index (χ2n) is 8.23. The lowest BCUT2D eigenvalue weighted by Gasteiger charge is -2.14. The van der Waals surface area contributed by atoms with Gasteiger partial charge in [0.1, 0.15) is 18.9 Å². The Morgan fingerprint density at radius 3 is 2.40 bits per heavy atom. The average molecular weight is 739 g/mol. The molecule has 4 rings (SSSR count). The largest absolute Gasteiger partial charge is 0.486 e. The zero-order valence-corrected chi connectivity index (χ0v) is 25.3. The van der Waals surface area contributed by atoms with E-state index in [1.165, 1.54) is 12.1 Å². The lowest BCUT2D eigenvalue weighted by molar-refractivity contribution is -0.137. The molecule has 1 N–H and O–H groups in total. The molecular weight excluding hydrogens is 724 g/mol. The van der Waals surface area contributed by atoms with Gasteiger partial charge >= 0.3 is 6.18 Å². The van der Waals surface area contributed by atoms with Crippen LogP contribution in [0.4, 0.5) is 23.7 Å². The predicted molar refractivity (Wildman–Crippen MR) is 155 cm³/mol. The highest BCUT2D eigenvalue weighted by Crippen LogP contribution is 2.38. The van der Waals surface area contributed by atoms with Crippen molar-refractivity contribution in [2.45, 2.75) is 12.8 Å². The van der Waals surface area contributed by atoms with Crippen molar-refractivity contribution in [3.05, 3.63) is 95.2 Å². The van der Waals surface area contributed by atoms with E-state index in [2.05, 4.69) is 37.2 Å². The molecule has 1 aliphatic heterocycles. The molecule has 0 atom stereocenters. The first-order valence-electron chi connectivity index (χ1n) is 11.1. The maximum absolute atomic E-state index is 12.9. The number of nitrogens with one attached hydrogen (secondary N) is 1. The summed E-state index contributed by atoms with van der Waals surface area (Å²) in [7, 11) is 0. The quantitative estimate of drug-likeness (QED) is 0.246. The van der Waals surface area contributed by atoms with Gasteiger partial charge in [-0.1, -0.05) is 35.3 Å². The number of benzene rings is 3. The molecule has 0 saturated carbocycles. The van der Waals surface area contributed by atoms with E-state index >= 15 is 0 Å². The minimum Gasteiger partial charge on any atom is -0.486 e. The molecule has 3 amide bonds. The highest BCUT2D eigenvalue weighted by Gasteiger charge is 2.36. The summed E-state index contributed by atoms with van der Waals surface area (Å²) in [6.45, 7) is -0.500. The van der Waals surface area contributed by atoms with E-state index in [0.29, 0.717) is 42.1 Å². The number of thioether (sulfide) groups is 1. The van der Waals surface area contributed by atoms with Gasteiger partial charge in [0, 0.05) is 21.3 Å². The summed E-state index contributed by atoms with van der Waals surface area (Å²) < 4.78 is 45.8. The van der Waals surface area contributed by atoms with Gasteiger partial charge in [-0.15, -0.1) is 0 Å². The molecule has 0 unspecified atom stereocenters. The summed E-state index contributed by atoms with van der Waals surface area (Å²) in [5.74, 6) is -1.06. The highest BCUT2D eigenvalue weighted by atomic mass is 79.9. The first-order chi connectivity index (χ1) is 18.8. The van der Waals surface area contributed by atoms with Crippen molar-refractivity contribution in [2.24, 2.45) is 0 Å². The standard InChI is InChI=1S/C26H15Br2Cl2F3N2O4S/c27-18-6-13(7-19(28)23(18)39-12-14-4-5-16(29)10-20(14)30)8-21-24(37)35(25(38)40-21)11-22(36)34-17-3-1-2-15(9-17)26(31,32)33/h1-10H,11-12H2,(H,34,36)/b21-8-. The molecule has 0 radical (unpaired) electrons. The third-order valence-electron chi connectivity index (χ3n) is 5.35. The van der Waals surface area contributed by atoms with Crippen molar-refractivity contribution in [1.29, 1.82) is 0 Å². The third-order valence-corrected chi connectivity index (χ3v) is 8.03. The molecule has 1 fully saturated rings. The molecule has 208 valence electrons. The van der Waals surface area contributed by atoms with E-state index in [-0.39, 0.29) is 17.2 Å². The van der Waals surface area contributed by atoms with Crippen LogP contribution in [0, 0.1) is 0 Å². The smallest absolute Gasteiger partial charge is 0.416 e. The van der Waals surface area contributed by atoms with Gasteiger partial charge in [0.2, 0.25) is 5.91 Å². The number of halogens is 7. The molecule has 3 aromatic rings. The van der Waals surface area contributed by atoms with E-state index in [9.17, 15) is 27.6 Å². The number of amides is 3. The molecule has 1 aliphatic rings. The van der Waals surface area contributed by atoms with Gasteiger partial charge in [-0.25, -0.2) is 0 Å². The molecule has 0 aromatic heterocycles. The Labute approximate surface area is 257 Å². The molecule has 0 aliphatic carbocycles. The fourth-order valence-electron chi connectivity index (χ4n) is 3.49. The maximum atomic E-state index is 12.9. The minimum absolute atomic E-state index is 0.0669. The monoisotopic (exact) mass is 736 g/mol. The fourth-order valence-corrected chi connectivity index (χ4v) is 6.25. The van der Waals surface area contributed by atoms with Crippen molar-refractivity contribution in [1.82, 2.24) is 4.90 Å². The van der Waals surface area contributed by atoms with Crippen LogP contribution >= 0.6 is 66.8 Å². The van der Waals surface area contributed by atoms with E-state index < -0.39 is 35.3 Å². The Bertz CT molecular complexity index is 1530. The normalized spacial score (nSPS) is 14.7. The zero-order chi connectivity index (χ0) is 29.2. The fraction of sp³-hybridized carbons (Fsp3) is 0.115. The van der Waals surface area contributed by atoms with Gasteiger partial charge in [0.05, 0.1) is 19.4 Å². The number of hydrogen-bond donors (Lipinski definition) is 1. The van der Waals surface area contributed by atoms with E-state index in [1.807, 2.05) is 0 Å². The number of carbonyl (C=O) groups excluding carboxylic acids is 3. The lowest BCUT2D eigenvalue weighted by Crippen LogP contribution is -2.36. The summed E-state index contributed by atoms with van der Waals surface area (Å²) in [5, 5.41) is 2.55. The Hall–Kier alpha value is -2.51.